The first-order chi connectivity index (χ1) is 11.1. The zero-order chi connectivity index (χ0) is 16.2. The van der Waals surface area contributed by atoms with Crippen LogP contribution < -0.4 is 4.90 Å². The normalized spacial score (nSPS) is 20.9. The number of hydrogen-bond donors (Lipinski definition) is 1. The molecule has 1 N–H and O–H groups in total. The smallest absolute Gasteiger partial charge is 0.131 e. The van der Waals surface area contributed by atoms with E-state index >= 15 is 0 Å². The minimum atomic E-state index is -0.469. The molecular weight excluding hydrogens is 302 g/mol. The number of piperidine rings is 1. The summed E-state index contributed by atoms with van der Waals surface area (Å²) in [5.41, 5.74) is 0.751. The third-order valence-electron chi connectivity index (χ3n) is 4.74. The van der Waals surface area contributed by atoms with Gasteiger partial charge in [-0.2, -0.15) is 0 Å². The van der Waals surface area contributed by atoms with Crippen LogP contribution in [0.4, 0.5) is 14.5 Å². The Bertz CT molecular complexity index is 504. The van der Waals surface area contributed by atoms with Crippen LogP contribution in [0.15, 0.2) is 12.1 Å². The Hall–Kier alpha value is -1.24. The molecular formula is C17H24F2N2O2. The average Bonchev–Trinajstić information content (AvgIpc) is 2.56. The van der Waals surface area contributed by atoms with E-state index in [1.807, 2.05) is 4.90 Å². The Kier molecular flexibility index (Phi) is 5.46. The van der Waals surface area contributed by atoms with Gasteiger partial charge in [-0.3, -0.25) is 0 Å². The van der Waals surface area contributed by atoms with Gasteiger partial charge in [0, 0.05) is 44.0 Å². The van der Waals surface area contributed by atoms with E-state index in [0.29, 0.717) is 45.0 Å². The number of ether oxygens (including phenoxy) is 1. The summed E-state index contributed by atoms with van der Waals surface area (Å²) in [5, 5.41) is 9.49. The molecule has 0 atom stereocenters. The molecule has 0 radical (unpaired) electrons. The van der Waals surface area contributed by atoms with Gasteiger partial charge < -0.3 is 19.6 Å². The van der Waals surface area contributed by atoms with E-state index in [1.165, 1.54) is 12.1 Å². The van der Waals surface area contributed by atoms with Crippen molar-refractivity contribution in [1.82, 2.24) is 4.90 Å². The van der Waals surface area contributed by atoms with Gasteiger partial charge >= 0.3 is 0 Å². The molecule has 2 saturated heterocycles. The highest BCUT2D eigenvalue weighted by atomic mass is 19.1. The van der Waals surface area contributed by atoms with Gasteiger partial charge in [-0.25, -0.2) is 8.78 Å². The van der Waals surface area contributed by atoms with Crippen LogP contribution in [0.25, 0.3) is 0 Å². The fraction of sp³-hybridized carbons (Fsp3) is 0.647. The number of anilines is 1. The summed E-state index contributed by atoms with van der Waals surface area (Å²) in [6, 6.07) is 2.87. The maximum Gasteiger partial charge on any atom is 0.131 e. The van der Waals surface area contributed by atoms with E-state index in [4.69, 9.17) is 4.74 Å². The van der Waals surface area contributed by atoms with E-state index in [2.05, 4.69) is 4.90 Å². The highest BCUT2D eigenvalue weighted by Gasteiger charge is 2.20. The van der Waals surface area contributed by atoms with Gasteiger partial charge in [-0.15, -0.1) is 0 Å². The zero-order valence-corrected chi connectivity index (χ0v) is 13.3. The van der Waals surface area contributed by atoms with E-state index in [9.17, 15) is 13.9 Å². The molecule has 6 heteroatoms. The highest BCUT2D eigenvalue weighted by molar-refractivity contribution is 5.49. The molecule has 0 bridgehead atoms. The molecule has 0 aliphatic carbocycles. The maximum atomic E-state index is 14.3. The fourth-order valence-electron chi connectivity index (χ4n) is 3.25. The third-order valence-corrected chi connectivity index (χ3v) is 4.74. The molecule has 0 amide bonds. The number of hydrogen-bond acceptors (Lipinski definition) is 4. The lowest BCUT2D eigenvalue weighted by Crippen LogP contribution is -2.37. The minimum absolute atomic E-state index is 0.160. The van der Waals surface area contributed by atoms with E-state index in [-0.39, 0.29) is 11.7 Å². The van der Waals surface area contributed by atoms with Gasteiger partial charge in [0.05, 0.1) is 19.3 Å². The van der Waals surface area contributed by atoms with Crippen molar-refractivity contribution in [2.45, 2.75) is 25.4 Å². The summed E-state index contributed by atoms with van der Waals surface area (Å²) in [7, 11) is 0. The highest BCUT2D eigenvalue weighted by Crippen LogP contribution is 2.24. The van der Waals surface area contributed by atoms with Crippen LogP contribution in [0.2, 0.25) is 0 Å². The molecule has 0 spiro atoms. The summed E-state index contributed by atoms with van der Waals surface area (Å²) in [6.07, 6.45) is 1.60. The lowest BCUT2D eigenvalue weighted by molar-refractivity contribution is 0.0830. The lowest BCUT2D eigenvalue weighted by atomic mass is 10.1. The lowest BCUT2D eigenvalue weighted by Gasteiger charge is -2.30. The number of likely N-dealkylation sites (tertiary alicyclic amines) is 1. The van der Waals surface area contributed by atoms with Crippen LogP contribution in [-0.2, 0) is 11.2 Å². The molecule has 128 valence electrons. The van der Waals surface area contributed by atoms with Crippen molar-refractivity contribution in [3.63, 3.8) is 0 Å². The van der Waals surface area contributed by atoms with Crippen molar-refractivity contribution in [3.8, 4) is 0 Å². The second kappa shape index (κ2) is 7.55. The Morgan fingerprint density at radius 3 is 2.26 bits per heavy atom. The van der Waals surface area contributed by atoms with Crippen molar-refractivity contribution in [1.29, 1.82) is 0 Å². The van der Waals surface area contributed by atoms with E-state index < -0.39 is 11.6 Å². The summed E-state index contributed by atoms with van der Waals surface area (Å²) < 4.78 is 33.9. The molecule has 1 aromatic carbocycles. The summed E-state index contributed by atoms with van der Waals surface area (Å²) in [5.74, 6) is -0.938. The SMILES string of the molecule is OC1CCN(CCc2c(F)cc(N3CCOCC3)cc2F)CC1. The van der Waals surface area contributed by atoms with E-state index in [0.717, 1.165) is 25.9 Å². The topological polar surface area (TPSA) is 35.9 Å². The molecule has 0 saturated carbocycles. The molecule has 23 heavy (non-hydrogen) atoms. The Balaban J connectivity index is 1.63. The number of rotatable bonds is 4. The van der Waals surface area contributed by atoms with Gasteiger partial charge in [-0.05, 0) is 31.4 Å². The molecule has 2 aliphatic heterocycles. The predicted molar refractivity (Wildman–Crippen MR) is 84.8 cm³/mol. The van der Waals surface area contributed by atoms with Crippen molar-refractivity contribution in [2.75, 3.05) is 50.8 Å². The van der Waals surface area contributed by atoms with Crippen LogP contribution in [0.1, 0.15) is 18.4 Å². The quantitative estimate of drug-likeness (QED) is 0.915. The number of aliphatic hydroxyl groups is 1. The minimum Gasteiger partial charge on any atom is -0.393 e. The van der Waals surface area contributed by atoms with Crippen LogP contribution in [0.5, 0.6) is 0 Å². The maximum absolute atomic E-state index is 14.3. The van der Waals surface area contributed by atoms with Crippen molar-refractivity contribution < 1.29 is 18.6 Å². The van der Waals surface area contributed by atoms with Crippen LogP contribution >= 0.6 is 0 Å². The number of morpholine rings is 1. The predicted octanol–water partition coefficient (Wildman–Crippen LogP) is 1.80. The summed E-state index contributed by atoms with van der Waals surface area (Å²) in [4.78, 5) is 4.10. The standard InChI is InChI=1S/C17H24F2N2O2/c18-16-11-13(21-7-9-23-10-8-21)12-17(19)15(16)3-6-20-4-1-14(22)2-5-20/h11-12,14,22H,1-10H2. The number of halogens is 2. The van der Waals surface area contributed by atoms with Crippen LogP contribution in [0, 0.1) is 11.6 Å². The zero-order valence-electron chi connectivity index (χ0n) is 13.3. The summed E-state index contributed by atoms with van der Waals surface area (Å²) in [6.45, 7) is 4.70. The first-order valence-corrected chi connectivity index (χ1v) is 8.34. The molecule has 2 heterocycles. The first kappa shape index (κ1) is 16.6. The average molecular weight is 326 g/mol. The van der Waals surface area contributed by atoms with Crippen molar-refractivity contribution in [2.24, 2.45) is 0 Å². The monoisotopic (exact) mass is 326 g/mol. The molecule has 1 aromatic rings. The van der Waals surface area contributed by atoms with Crippen LogP contribution in [0.3, 0.4) is 0 Å². The first-order valence-electron chi connectivity index (χ1n) is 8.34. The molecule has 0 aromatic heterocycles. The second-order valence-electron chi connectivity index (χ2n) is 6.31. The van der Waals surface area contributed by atoms with Crippen LogP contribution in [-0.4, -0.2) is 62.0 Å². The molecule has 3 rings (SSSR count). The number of nitrogens with zero attached hydrogens (tertiary/aromatic N) is 2. The summed E-state index contributed by atoms with van der Waals surface area (Å²) >= 11 is 0. The Morgan fingerprint density at radius 2 is 1.65 bits per heavy atom. The largest absolute Gasteiger partial charge is 0.393 e. The Morgan fingerprint density at radius 1 is 1.04 bits per heavy atom. The van der Waals surface area contributed by atoms with Gasteiger partial charge in [0.2, 0.25) is 0 Å². The number of benzene rings is 1. The molecule has 4 nitrogen and oxygen atoms in total. The second-order valence-corrected chi connectivity index (χ2v) is 6.31. The Labute approximate surface area is 135 Å². The van der Waals surface area contributed by atoms with Crippen molar-refractivity contribution >= 4 is 5.69 Å². The number of aliphatic hydroxyl groups excluding tert-OH is 1. The molecule has 2 fully saturated rings. The molecule has 2 aliphatic rings. The fourth-order valence-corrected chi connectivity index (χ4v) is 3.25. The van der Waals surface area contributed by atoms with Crippen molar-refractivity contribution in [3.05, 3.63) is 29.3 Å². The molecule has 0 unspecified atom stereocenters. The van der Waals surface area contributed by atoms with Gasteiger partial charge in [0.25, 0.3) is 0 Å². The van der Waals surface area contributed by atoms with Gasteiger partial charge in [0.1, 0.15) is 11.6 Å². The van der Waals surface area contributed by atoms with Gasteiger partial charge in [-0.1, -0.05) is 0 Å². The third kappa shape index (κ3) is 4.19. The van der Waals surface area contributed by atoms with E-state index in [1.54, 1.807) is 0 Å². The van der Waals surface area contributed by atoms with Gasteiger partial charge in [0.15, 0.2) is 0 Å².